The molecule has 1 aliphatic carbocycles. The van der Waals surface area contributed by atoms with Gasteiger partial charge in [0, 0.05) is 23.7 Å². The van der Waals surface area contributed by atoms with E-state index in [-0.39, 0.29) is 5.54 Å². The molecule has 1 heterocycles. The van der Waals surface area contributed by atoms with Gasteiger partial charge in [0.1, 0.15) is 11.6 Å². The van der Waals surface area contributed by atoms with Gasteiger partial charge in [-0.15, -0.1) is 0 Å². The quantitative estimate of drug-likeness (QED) is 0.700. The molecule has 0 radical (unpaired) electrons. The summed E-state index contributed by atoms with van der Waals surface area (Å²) in [5.41, 5.74) is 2.86. The Labute approximate surface area is 173 Å². The molecule has 1 aliphatic heterocycles. The van der Waals surface area contributed by atoms with Crippen LogP contribution in [0, 0.1) is 17.6 Å². The fourth-order valence-electron chi connectivity index (χ4n) is 5.13. The molecule has 4 rings (SSSR count). The maximum Gasteiger partial charge on any atom is 0.131 e. The number of hydrogen-bond acceptors (Lipinski definition) is 2. The second-order valence-corrected chi connectivity index (χ2v) is 9.04. The van der Waals surface area contributed by atoms with Crippen molar-refractivity contribution in [3.8, 4) is 0 Å². The highest BCUT2D eigenvalue weighted by molar-refractivity contribution is 5.29. The zero-order valence-corrected chi connectivity index (χ0v) is 17.4. The molecule has 2 fully saturated rings. The Morgan fingerprint density at radius 1 is 1.00 bits per heavy atom. The minimum absolute atomic E-state index is 0.387. The first-order valence-corrected chi connectivity index (χ1v) is 11.0. The molecule has 1 saturated heterocycles. The van der Waals surface area contributed by atoms with E-state index in [1.807, 2.05) is 0 Å². The van der Waals surface area contributed by atoms with Gasteiger partial charge < -0.3 is 10.2 Å². The number of halogens is 2. The van der Waals surface area contributed by atoms with Crippen LogP contribution in [0.1, 0.15) is 55.2 Å². The maximum atomic E-state index is 14.5. The number of hydrogen-bond donors (Lipinski definition) is 1. The maximum absolute atomic E-state index is 14.5. The summed E-state index contributed by atoms with van der Waals surface area (Å²) in [7, 11) is 2.20. The Bertz CT molecular complexity index is 821. The SMILES string of the molecule is CN1CCC(Cc2cccc(CNC3(c4ccc(F)cc4F)CCCC3)c2)CC1. The lowest BCUT2D eigenvalue weighted by Crippen LogP contribution is -2.40. The molecule has 29 heavy (non-hydrogen) atoms. The predicted octanol–water partition coefficient (Wildman–Crippen LogP) is 5.41. The van der Waals surface area contributed by atoms with Gasteiger partial charge in [0.25, 0.3) is 0 Å². The second-order valence-electron chi connectivity index (χ2n) is 9.04. The zero-order valence-electron chi connectivity index (χ0n) is 17.4. The van der Waals surface area contributed by atoms with Crippen LogP contribution in [0.4, 0.5) is 8.78 Å². The molecule has 0 amide bonds. The monoisotopic (exact) mass is 398 g/mol. The fourth-order valence-corrected chi connectivity index (χ4v) is 5.13. The molecule has 2 aliphatic rings. The Kier molecular flexibility index (Phi) is 6.31. The number of nitrogens with zero attached hydrogens (tertiary/aromatic N) is 1. The third kappa shape index (κ3) is 4.87. The van der Waals surface area contributed by atoms with Crippen molar-refractivity contribution >= 4 is 0 Å². The molecular weight excluding hydrogens is 366 g/mol. The normalized spacial score (nSPS) is 20.2. The highest BCUT2D eigenvalue weighted by Gasteiger charge is 2.37. The van der Waals surface area contributed by atoms with Crippen molar-refractivity contribution in [2.75, 3.05) is 20.1 Å². The fraction of sp³-hybridized carbons (Fsp3) is 0.520. The van der Waals surface area contributed by atoms with Gasteiger partial charge in [-0.2, -0.15) is 0 Å². The predicted molar refractivity (Wildman–Crippen MR) is 114 cm³/mol. The van der Waals surface area contributed by atoms with E-state index >= 15 is 0 Å². The third-order valence-electron chi connectivity index (χ3n) is 6.89. The van der Waals surface area contributed by atoms with Crippen LogP contribution >= 0.6 is 0 Å². The molecule has 0 spiro atoms. The standard InChI is InChI=1S/C25H32F2N2/c1-29-13-9-19(10-14-29)15-20-5-4-6-21(16-20)18-28-25(11-2-3-12-25)23-8-7-22(26)17-24(23)27/h4-8,16-17,19,28H,2-3,9-15,18H2,1H3. The smallest absolute Gasteiger partial charge is 0.131 e. The summed E-state index contributed by atoms with van der Waals surface area (Å²) in [5.74, 6) is -0.180. The van der Waals surface area contributed by atoms with Gasteiger partial charge in [-0.05, 0) is 75.4 Å². The Hall–Kier alpha value is -1.78. The molecule has 4 heteroatoms. The number of piperidine rings is 1. The molecule has 2 nitrogen and oxygen atoms in total. The molecule has 2 aromatic carbocycles. The van der Waals surface area contributed by atoms with Gasteiger partial charge in [0.2, 0.25) is 0 Å². The van der Waals surface area contributed by atoms with E-state index in [0.29, 0.717) is 12.1 Å². The summed E-state index contributed by atoms with van der Waals surface area (Å²) >= 11 is 0. The minimum atomic E-state index is -0.513. The molecule has 0 atom stereocenters. The largest absolute Gasteiger partial charge is 0.306 e. The molecule has 0 unspecified atom stereocenters. The molecule has 1 saturated carbocycles. The van der Waals surface area contributed by atoms with Crippen molar-refractivity contribution in [3.63, 3.8) is 0 Å². The van der Waals surface area contributed by atoms with Crippen LogP contribution in [0.5, 0.6) is 0 Å². The van der Waals surface area contributed by atoms with E-state index in [9.17, 15) is 8.78 Å². The van der Waals surface area contributed by atoms with E-state index in [0.717, 1.165) is 44.1 Å². The van der Waals surface area contributed by atoms with Crippen molar-refractivity contribution in [1.82, 2.24) is 10.2 Å². The van der Waals surface area contributed by atoms with Crippen molar-refractivity contribution < 1.29 is 8.78 Å². The van der Waals surface area contributed by atoms with Gasteiger partial charge in [-0.3, -0.25) is 0 Å². The first-order valence-electron chi connectivity index (χ1n) is 11.0. The summed E-state index contributed by atoms with van der Waals surface area (Å²) in [6.07, 6.45) is 7.60. The van der Waals surface area contributed by atoms with E-state index in [1.54, 1.807) is 6.07 Å². The average Bonchev–Trinajstić information content (AvgIpc) is 3.18. The van der Waals surface area contributed by atoms with Gasteiger partial charge in [0.15, 0.2) is 0 Å². The molecular formula is C25H32F2N2. The number of likely N-dealkylation sites (tertiary alicyclic amines) is 1. The Morgan fingerprint density at radius 3 is 2.45 bits per heavy atom. The third-order valence-corrected chi connectivity index (χ3v) is 6.89. The van der Waals surface area contributed by atoms with Crippen molar-refractivity contribution in [2.24, 2.45) is 5.92 Å². The van der Waals surface area contributed by atoms with Gasteiger partial charge >= 0.3 is 0 Å². The molecule has 0 aromatic heterocycles. The van der Waals surface area contributed by atoms with Gasteiger partial charge in [0.05, 0.1) is 0 Å². The topological polar surface area (TPSA) is 15.3 Å². The summed E-state index contributed by atoms with van der Waals surface area (Å²) < 4.78 is 27.9. The average molecular weight is 399 g/mol. The highest BCUT2D eigenvalue weighted by Crippen LogP contribution is 2.40. The first-order chi connectivity index (χ1) is 14.0. The van der Waals surface area contributed by atoms with Crippen molar-refractivity contribution in [3.05, 3.63) is 70.8 Å². The molecule has 156 valence electrons. The number of rotatable bonds is 6. The summed E-state index contributed by atoms with van der Waals surface area (Å²) in [6, 6.07) is 12.8. The van der Waals surface area contributed by atoms with E-state index < -0.39 is 11.6 Å². The zero-order chi connectivity index (χ0) is 20.3. The minimum Gasteiger partial charge on any atom is -0.306 e. The van der Waals surface area contributed by atoms with Crippen LogP contribution in [-0.2, 0) is 18.5 Å². The van der Waals surface area contributed by atoms with Crippen LogP contribution in [-0.4, -0.2) is 25.0 Å². The van der Waals surface area contributed by atoms with Crippen LogP contribution in [0.15, 0.2) is 42.5 Å². The van der Waals surface area contributed by atoms with Crippen LogP contribution in [0.3, 0.4) is 0 Å². The van der Waals surface area contributed by atoms with Gasteiger partial charge in [-0.1, -0.05) is 43.2 Å². The lowest BCUT2D eigenvalue weighted by molar-refractivity contribution is 0.219. The first kappa shape index (κ1) is 20.5. The summed E-state index contributed by atoms with van der Waals surface area (Å²) in [4.78, 5) is 2.41. The van der Waals surface area contributed by atoms with Crippen molar-refractivity contribution in [1.29, 1.82) is 0 Å². The molecule has 1 N–H and O–H groups in total. The van der Waals surface area contributed by atoms with Gasteiger partial charge in [-0.25, -0.2) is 8.78 Å². The Balaban J connectivity index is 1.44. The van der Waals surface area contributed by atoms with E-state index in [1.165, 1.54) is 43.1 Å². The summed E-state index contributed by atoms with van der Waals surface area (Å²) in [5, 5.41) is 3.66. The highest BCUT2D eigenvalue weighted by atomic mass is 19.1. The summed E-state index contributed by atoms with van der Waals surface area (Å²) in [6.45, 7) is 3.09. The molecule has 0 bridgehead atoms. The lowest BCUT2D eigenvalue weighted by Gasteiger charge is -2.32. The van der Waals surface area contributed by atoms with Crippen LogP contribution in [0.25, 0.3) is 0 Å². The molecule has 2 aromatic rings. The number of benzene rings is 2. The second kappa shape index (κ2) is 8.93. The van der Waals surface area contributed by atoms with E-state index in [2.05, 4.69) is 41.5 Å². The number of nitrogens with one attached hydrogen (secondary N) is 1. The Morgan fingerprint density at radius 2 is 1.72 bits per heavy atom. The van der Waals surface area contributed by atoms with Crippen molar-refractivity contribution in [2.45, 2.75) is 57.0 Å². The van der Waals surface area contributed by atoms with E-state index in [4.69, 9.17) is 0 Å². The van der Waals surface area contributed by atoms with Crippen LogP contribution < -0.4 is 5.32 Å². The lowest BCUT2D eigenvalue weighted by atomic mass is 9.87. The van der Waals surface area contributed by atoms with Crippen LogP contribution in [0.2, 0.25) is 0 Å².